The third-order valence-electron chi connectivity index (χ3n) is 6.61. The van der Waals surface area contributed by atoms with E-state index < -0.39 is 5.60 Å². The number of carbonyl (C=O) groups excluding carboxylic acids is 2. The number of nitrogens with zero attached hydrogens (tertiary/aromatic N) is 1. The highest BCUT2D eigenvalue weighted by molar-refractivity contribution is 14.1. The Morgan fingerprint density at radius 3 is 2.30 bits per heavy atom. The summed E-state index contributed by atoms with van der Waals surface area (Å²) >= 11 is 2.42. The maximum absolute atomic E-state index is 12.6. The third-order valence-corrected chi connectivity index (χ3v) is 7.78. The second-order valence-corrected chi connectivity index (χ2v) is 11.8. The first-order valence-electron chi connectivity index (χ1n) is 10.8. The highest BCUT2D eigenvalue weighted by Gasteiger charge is 2.50. The Morgan fingerprint density at radius 2 is 1.77 bits per heavy atom. The average Bonchev–Trinajstić information content (AvgIpc) is 2.88. The number of amides is 2. The van der Waals surface area contributed by atoms with Gasteiger partial charge in [0.25, 0.3) is 0 Å². The Bertz CT molecular complexity index is 849. The van der Waals surface area contributed by atoms with Crippen LogP contribution in [0.3, 0.4) is 0 Å². The summed E-state index contributed by atoms with van der Waals surface area (Å²) in [6, 6.07) is 4.67. The maximum atomic E-state index is 12.6. The number of likely N-dealkylation sites (tertiary alicyclic amines) is 1. The van der Waals surface area contributed by atoms with E-state index in [2.05, 4.69) is 60.8 Å². The van der Waals surface area contributed by atoms with Crippen LogP contribution in [0.1, 0.15) is 83.4 Å². The van der Waals surface area contributed by atoms with Crippen LogP contribution in [0.5, 0.6) is 0 Å². The molecule has 1 aliphatic carbocycles. The van der Waals surface area contributed by atoms with Crippen molar-refractivity contribution < 1.29 is 14.3 Å². The van der Waals surface area contributed by atoms with Crippen LogP contribution in [0.2, 0.25) is 0 Å². The Kier molecular flexibility index (Phi) is 6.22. The minimum Gasteiger partial charge on any atom is -0.444 e. The van der Waals surface area contributed by atoms with Crippen molar-refractivity contribution in [1.82, 2.24) is 10.2 Å². The summed E-state index contributed by atoms with van der Waals surface area (Å²) in [6.45, 7) is 15.1. The number of nitrogens with one attached hydrogen (secondary N) is 1. The standard InChI is InChI=1S/C24H35IN2O3/c1-15-12-17-18(13-20(15)25)24(14-19(17)23(6,7)26-16(2)28)8-10-27(11-9-24)21(29)30-22(3,4)5/h12-13,19H,8-11,14H2,1-7H3,(H,26,28)/t19-/m0/s1. The molecule has 0 radical (unpaired) electrons. The number of benzene rings is 1. The number of hydrogen-bond acceptors (Lipinski definition) is 3. The van der Waals surface area contributed by atoms with Gasteiger partial charge in [-0.3, -0.25) is 4.79 Å². The predicted molar refractivity (Wildman–Crippen MR) is 128 cm³/mol. The van der Waals surface area contributed by atoms with E-state index in [0.29, 0.717) is 13.1 Å². The quantitative estimate of drug-likeness (QED) is 0.535. The van der Waals surface area contributed by atoms with Gasteiger partial charge in [-0.15, -0.1) is 0 Å². The first-order chi connectivity index (χ1) is 13.7. The van der Waals surface area contributed by atoms with Crippen LogP contribution in [0.25, 0.3) is 0 Å². The van der Waals surface area contributed by atoms with E-state index in [1.165, 1.54) is 20.3 Å². The van der Waals surface area contributed by atoms with E-state index in [9.17, 15) is 9.59 Å². The Labute approximate surface area is 194 Å². The number of fused-ring (bicyclic) bond motifs is 2. The first-order valence-corrected chi connectivity index (χ1v) is 11.9. The van der Waals surface area contributed by atoms with E-state index in [0.717, 1.165) is 19.3 Å². The monoisotopic (exact) mass is 526 g/mol. The molecule has 1 fully saturated rings. The molecule has 166 valence electrons. The van der Waals surface area contributed by atoms with Gasteiger partial charge in [0, 0.05) is 35.0 Å². The van der Waals surface area contributed by atoms with Gasteiger partial charge in [-0.1, -0.05) is 6.07 Å². The third kappa shape index (κ3) is 4.63. The van der Waals surface area contributed by atoms with Gasteiger partial charge in [-0.2, -0.15) is 0 Å². The van der Waals surface area contributed by atoms with Crippen LogP contribution in [-0.2, 0) is 14.9 Å². The summed E-state index contributed by atoms with van der Waals surface area (Å²) in [5.41, 5.74) is 3.28. The molecule has 1 heterocycles. The molecule has 1 aromatic rings. The molecule has 5 nitrogen and oxygen atoms in total. The number of hydrogen-bond donors (Lipinski definition) is 1. The molecular weight excluding hydrogens is 491 g/mol. The van der Waals surface area contributed by atoms with E-state index in [1.54, 1.807) is 6.92 Å². The fraction of sp³-hybridized carbons (Fsp3) is 0.667. The van der Waals surface area contributed by atoms with Crippen LogP contribution in [0.15, 0.2) is 12.1 Å². The molecule has 1 atom stereocenters. The van der Waals surface area contributed by atoms with Gasteiger partial charge < -0.3 is 15.0 Å². The van der Waals surface area contributed by atoms with Gasteiger partial charge in [-0.25, -0.2) is 4.79 Å². The number of rotatable bonds is 2. The number of aryl methyl sites for hydroxylation is 1. The molecule has 1 saturated heterocycles. The molecule has 1 aliphatic heterocycles. The predicted octanol–water partition coefficient (Wildman–Crippen LogP) is 5.27. The van der Waals surface area contributed by atoms with E-state index in [-0.39, 0.29) is 28.9 Å². The van der Waals surface area contributed by atoms with Crippen molar-refractivity contribution in [3.05, 3.63) is 32.4 Å². The highest BCUT2D eigenvalue weighted by atomic mass is 127. The molecule has 1 aromatic carbocycles. The number of halogens is 1. The Hall–Kier alpha value is -1.31. The van der Waals surface area contributed by atoms with Gasteiger partial charge in [0.05, 0.1) is 0 Å². The van der Waals surface area contributed by atoms with E-state index >= 15 is 0 Å². The van der Waals surface area contributed by atoms with Gasteiger partial charge in [0.15, 0.2) is 0 Å². The second-order valence-electron chi connectivity index (χ2n) is 10.6. The van der Waals surface area contributed by atoms with Crippen molar-refractivity contribution in [1.29, 1.82) is 0 Å². The minimum absolute atomic E-state index is 0.00415. The second kappa shape index (κ2) is 7.99. The Balaban J connectivity index is 1.90. The molecule has 30 heavy (non-hydrogen) atoms. The molecule has 1 N–H and O–H groups in total. The zero-order valence-electron chi connectivity index (χ0n) is 19.3. The summed E-state index contributed by atoms with van der Waals surface area (Å²) in [6.07, 6.45) is 2.62. The molecule has 0 unspecified atom stereocenters. The molecular formula is C24H35IN2O3. The van der Waals surface area contributed by atoms with Crippen molar-refractivity contribution in [3.8, 4) is 0 Å². The highest BCUT2D eigenvalue weighted by Crippen LogP contribution is 2.55. The molecule has 0 saturated carbocycles. The average molecular weight is 526 g/mol. The fourth-order valence-corrected chi connectivity index (χ4v) is 5.63. The number of carbonyl (C=O) groups is 2. The molecule has 2 aliphatic rings. The molecule has 1 spiro atoms. The first kappa shape index (κ1) is 23.4. The minimum atomic E-state index is -0.479. The Morgan fingerprint density at radius 1 is 1.17 bits per heavy atom. The van der Waals surface area contributed by atoms with E-state index in [1.807, 2.05) is 25.7 Å². The topological polar surface area (TPSA) is 58.6 Å². The smallest absolute Gasteiger partial charge is 0.410 e. The number of ether oxygens (including phenoxy) is 1. The molecule has 2 amide bonds. The van der Waals surface area contributed by atoms with Crippen molar-refractivity contribution in [2.75, 3.05) is 13.1 Å². The molecule has 0 bridgehead atoms. The molecule has 3 rings (SSSR count). The summed E-state index contributed by atoms with van der Waals surface area (Å²) in [7, 11) is 0. The van der Waals surface area contributed by atoms with Gasteiger partial charge >= 0.3 is 6.09 Å². The van der Waals surface area contributed by atoms with Gasteiger partial charge in [0.1, 0.15) is 5.60 Å². The zero-order chi connectivity index (χ0) is 22.5. The maximum Gasteiger partial charge on any atom is 0.410 e. The van der Waals surface area contributed by atoms with Crippen molar-refractivity contribution in [3.63, 3.8) is 0 Å². The van der Waals surface area contributed by atoms with Crippen LogP contribution in [0, 0.1) is 10.5 Å². The lowest BCUT2D eigenvalue weighted by Crippen LogP contribution is -2.48. The summed E-state index contributed by atoms with van der Waals surface area (Å²) in [5, 5.41) is 3.19. The van der Waals surface area contributed by atoms with Crippen molar-refractivity contribution in [2.45, 2.75) is 90.2 Å². The van der Waals surface area contributed by atoms with Gasteiger partial charge in [0.2, 0.25) is 5.91 Å². The molecule has 0 aromatic heterocycles. The molecule has 6 heteroatoms. The van der Waals surface area contributed by atoms with Crippen LogP contribution in [0.4, 0.5) is 4.79 Å². The lowest BCUT2D eigenvalue weighted by atomic mass is 9.72. The zero-order valence-corrected chi connectivity index (χ0v) is 21.5. The summed E-state index contributed by atoms with van der Waals surface area (Å²) < 4.78 is 6.87. The lowest BCUT2D eigenvalue weighted by molar-refractivity contribution is -0.120. The SMILES string of the molecule is CC(=O)NC(C)(C)[C@H]1CC2(CCN(C(=O)OC(C)(C)C)CC2)c2cc(I)c(C)cc21. The fourth-order valence-electron chi connectivity index (χ4n) is 5.16. The largest absolute Gasteiger partial charge is 0.444 e. The summed E-state index contributed by atoms with van der Waals surface area (Å²) in [5.74, 6) is 0.254. The van der Waals surface area contributed by atoms with Crippen molar-refractivity contribution >= 4 is 34.6 Å². The van der Waals surface area contributed by atoms with Crippen molar-refractivity contribution in [2.24, 2.45) is 0 Å². The van der Waals surface area contributed by atoms with Gasteiger partial charge in [-0.05, 0) is 112 Å². The number of piperidine rings is 1. The van der Waals surface area contributed by atoms with Crippen LogP contribution in [-0.4, -0.2) is 41.1 Å². The van der Waals surface area contributed by atoms with Crippen LogP contribution >= 0.6 is 22.6 Å². The normalized spacial score (nSPS) is 20.8. The lowest BCUT2D eigenvalue weighted by Gasteiger charge is -2.41. The van der Waals surface area contributed by atoms with E-state index in [4.69, 9.17) is 4.74 Å². The summed E-state index contributed by atoms with van der Waals surface area (Å²) in [4.78, 5) is 26.3. The van der Waals surface area contributed by atoms with Crippen LogP contribution < -0.4 is 5.32 Å².